The van der Waals surface area contributed by atoms with E-state index in [-0.39, 0.29) is 17.9 Å². The van der Waals surface area contributed by atoms with Crippen LogP contribution in [0.5, 0.6) is 0 Å². The van der Waals surface area contributed by atoms with E-state index in [1.807, 2.05) is 19.1 Å². The third kappa shape index (κ3) is 4.64. The maximum Gasteiger partial charge on any atom is 0.252 e. The molecule has 7 nitrogen and oxygen atoms in total. The number of anilines is 1. The number of benzene rings is 2. The smallest absolute Gasteiger partial charge is 0.252 e. The Balaban J connectivity index is 1.72. The molecule has 1 aliphatic rings. The number of aromatic nitrogens is 1. The number of aryl methyl sites for hydroxylation is 1. The zero-order valence-corrected chi connectivity index (χ0v) is 20.2. The second-order valence-electron chi connectivity index (χ2n) is 8.76. The van der Waals surface area contributed by atoms with E-state index >= 15 is 0 Å². The van der Waals surface area contributed by atoms with Gasteiger partial charge in [0.05, 0.1) is 17.0 Å². The van der Waals surface area contributed by atoms with Gasteiger partial charge >= 0.3 is 0 Å². The summed E-state index contributed by atoms with van der Waals surface area (Å²) in [5, 5.41) is 0. The highest BCUT2D eigenvalue weighted by Crippen LogP contribution is 2.31. The van der Waals surface area contributed by atoms with E-state index in [9.17, 15) is 18.0 Å². The van der Waals surface area contributed by atoms with Gasteiger partial charge in [0.15, 0.2) is 0 Å². The van der Waals surface area contributed by atoms with E-state index in [4.69, 9.17) is 0 Å². The first-order valence-corrected chi connectivity index (χ1v) is 12.6. The third-order valence-electron chi connectivity index (χ3n) is 5.98. The first-order chi connectivity index (χ1) is 16.2. The number of sulfonamides is 1. The maximum atomic E-state index is 13.7. The first kappa shape index (κ1) is 23.8. The van der Waals surface area contributed by atoms with Crippen molar-refractivity contribution in [2.75, 3.05) is 4.90 Å². The summed E-state index contributed by atoms with van der Waals surface area (Å²) in [5.74, 6) is -0.675. The number of amides is 2. The van der Waals surface area contributed by atoms with Gasteiger partial charge in [-0.3, -0.25) is 14.6 Å². The second-order valence-corrected chi connectivity index (χ2v) is 10.6. The highest BCUT2D eigenvalue weighted by atomic mass is 32.2. The van der Waals surface area contributed by atoms with Crippen molar-refractivity contribution in [1.29, 1.82) is 0 Å². The fourth-order valence-corrected chi connectivity index (χ4v) is 5.57. The Morgan fingerprint density at radius 3 is 2.29 bits per heavy atom. The number of pyridine rings is 1. The zero-order chi connectivity index (χ0) is 24.5. The van der Waals surface area contributed by atoms with Crippen molar-refractivity contribution >= 4 is 27.5 Å². The van der Waals surface area contributed by atoms with Crippen molar-refractivity contribution in [2.24, 2.45) is 0 Å². The largest absolute Gasteiger partial charge is 0.274 e. The Morgan fingerprint density at radius 1 is 1.03 bits per heavy atom. The van der Waals surface area contributed by atoms with E-state index in [2.05, 4.69) is 18.8 Å². The first-order valence-electron chi connectivity index (χ1n) is 11.1. The number of carbonyl (C=O) groups excluding carboxylic acids is 2. The lowest BCUT2D eigenvalue weighted by molar-refractivity contribution is -0.122. The van der Waals surface area contributed by atoms with Crippen LogP contribution >= 0.6 is 0 Å². The lowest BCUT2D eigenvalue weighted by Gasteiger charge is -2.27. The molecule has 176 valence electrons. The van der Waals surface area contributed by atoms with Crippen LogP contribution in [-0.2, 0) is 26.2 Å². The van der Waals surface area contributed by atoms with Crippen molar-refractivity contribution in [3.8, 4) is 0 Å². The fourth-order valence-electron chi connectivity index (χ4n) is 4.00. The van der Waals surface area contributed by atoms with E-state index in [0.717, 1.165) is 20.3 Å². The Morgan fingerprint density at radius 2 is 1.71 bits per heavy atom. The molecule has 34 heavy (non-hydrogen) atoms. The fraction of sp³-hybridized carbons (Fsp3) is 0.269. The van der Waals surface area contributed by atoms with Gasteiger partial charge in [0.1, 0.15) is 6.04 Å². The highest BCUT2D eigenvalue weighted by molar-refractivity contribution is 7.89. The van der Waals surface area contributed by atoms with Gasteiger partial charge in [-0.05, 0) is 54.3 Å². The van der Waals surface area contributed by atoms with Gasteiger partial charge in [0.2, 0.25) is 15.9 Å². The normalized spacial score (nSPS) is 16.6. The summed E-state index contributed by atoms with van der Waals surface area (Å²) in [6.45, 7) is 5.91. The lowest BCUT2D eigenvalue weighted by atomic mass is 10.0. The van der Waals surface area contributed by atoms with Crippen LogP contribution in [-0.4, -0.2) is 35.6 Å². The molecule has 8 heteroatoms. The summed E-state index contributed by atoms with van der Waals surface area (Å²) in [6, 6.07) is 16.0. The van der Waals surface area contributed by atoms with Gasteiger partial charge in [0.25, 0.3) is 5.91 Å². The molecule has 0 bridgehead atoms. The molecule has 1 fully saturated rings. The van der Waals surface area contributed by atoms with Gasteiger partial charge in [-0.2, -0.15) is 4.31 Å². The monoisotopic (exact) mass is 477 g/mol. The molecule has 3 aromatic rings. The molecular formula is C26H27N3O4S. The van der Waals surface area contributed by atoms with Crippen LogP contribution in [0.4, 0.5) is 5.69 Å². The van der Waals surface area contributed by atoms with Gasteiger partial charge in [-0.1, -0.05) is 49.7 Å². The Kier molecular flexibility index (Phi) is 6.63. The van der Waals surface area contributed by atoms with Crippen molar-refractivity contribution in [3.05, 3.63) is 89.7 Å². The van der Waals surface area contributed by atoms with E-state index in [1.54, 1.807) is 48.8 Å². The topological polar surface area (TPSA) is 87.7 Å². The predicted molar refractivity (Wildman–Crippen MR) is 130 cm³/mol. The number of carbonyl (C=O) groups is 2. The Hall–Kier alpha value is -3.36. The van der Waals surface area contributed by atoms with Crippen molar-refractivity contribution in [2.45, 2.75) is 50.6 Å². The Bertz CT molecular complexity index is 1290. The standard InChI is InChI=1S/C26H27N3O4S/c1-18(2)21-8-10-22(11-9-21)29-25(30)15-24(26(29)31)28(17-20-5-4-14-27-16-20)34(32,33)23-12-6-19(3)7-13-23/h4-14,16,18,24H,15,17H2,1-3H3. The average molecular weight is 478 g/mol. The number of nitrogens with zero attached hydrogens (tertiary/aromatic N) is 3. The van der Waals surface area contributed by atoms with Crippen molar-refractivity contribution < 1.29 is 18.0 Å². The molecule has 1 atom stereocenters. The molecule has 0 N–H and O–H groups in total. The third-order valence-corrected chi connectivity index (χ3v) is 7.85. The van der Waals surface area contributed by atoms with Crippen molar-refractivity contribution in [3.63, 3.8) is 0 Å². The molecule has 1 unspecified atom stereocenters. The average Bonchev–Trinajstić information content (AvgIpc) is 3.11. The summed E-state index contributed by atoms with van der Waals surface area (Å²) in [6.07, 6.45) is 2.92. The summed E-state index contributed by atoms with van der Waals surface area (Å²) in [4.78, 5) is 31.7. The van der Waals surface area contributed by atoms with Crippen LogP contribution in [0.15, 0.2) is 78.0 Å². The zero-order valence-electron chi connectivity index (χ0n) is 19.4. The molecule has 4 rings (SSSR count). The molecule has 0 radical (unpaired) electrons. The summed E-state index contributed by atoms with van der Waals surface area (Å²) in [5.41, 5.74) is 3.06. The minimum Gasteiger partial charge on any atom is -0.274 e. The quantitative estimate of drug-likeness (QED) is 0.480. The van der Waals surface area contributed by atoms with Crippen molar-refractivity contribution in [1.82, 2.24) is 9.29 Å². The van der Waals surface area contributed by atoms with Crippen LogP contribution in [0.1, 0.15) is 42.9 Å². The molecule has 1 aromatic heterocycles. The number of hydrogen-bond donors (Lipinski definition) is 0. The molecule has 2 heterocycles. The minimum absolute atomic E-state index is 0.0713. The molecule has 0 spiro atoms. The molecule has 1 saturated heterocycles. The molecule has 2 amide bonds. The van der Waals surface area contributed by atoms with Gasteiger partial charge in [0, 0.05) is 18.9 Å². The van der Waals surface area contributed by atoms with E-state index < -0.39 is 27.9 Å². The molecular weight excluding hydrogens is 450 g/mol. The predicted octanol–water partition coefficient (Wildman–Crippen LogP) is 4.04. The van der Waals surface area contributed by atoms with Gasteiger partial charge in [-0.15, -0.1) is 0 Å². The molecule has 1 aliphatic heterocycles. The van der Waals surface area contributed by atoms with Crippen LogP contribution in [0.3, 0.4) is 0 Å². The van der Waals surface area contributed by atoms with Crippen LogP contribution < -0.4 is 4.90 Å². The van der Waals surface area contributed by atoms with Gasteiger partial charge in [-0.25, -0.2) is 13.3 Å². The van der Waals surface area contributed by atoms with E-state index in [0.29, 0.717) is 17.2 Å². The molecule has 0 saturated carbocycles. The van der Waals surface area contributed by atoms with Crippen LogP contribution in [0.2, 0.25) is 0 Å². The Labute approximate surface area is 200 Å². The summed E-state index contributed by atoms with van der Waals surface area (Å²) < 4.78 is 28.5. The van der Waals surface area contributed by atoms with Crippen LogP contribution in [0.25, 0.3) is 0 Å². The van der Waals surface area contributed by atoms with Crippen LogP contribution in [0, 0.1) is 6.92 Å². The number of rotatable bonds is 7. The SMILES string of the molecule is Cc1ccc(S(=O)(=O)N(Cc2cccnc2)C2CC(=O)N(c3ccc(C(C)C)cc3)C2=O)cc1. The van der Waals surface area contributed by atoms with E-state index in [1.165, 1.54) is 12.1 Å². The molecule has 0 aliphatic carbocycles. The maximum absolute atomic E-state index is 13.7. The number of hydrogen-bond acceptors (Lipinski definition) is 5. The number of imide groups is 1. The highest BCUT2D eigenvalue weighted by Gasteiger charge is 2.47. The summed E-state index contributed by atoms with van der Waals surface area (Å²) in [7, 11) is -4.07. The molecule has 2 aromatic carbocycles. The lowest BCUT2D eigenvalue weighted by Crippen LogP contribution is -2.45. The van der Waals surface area contributed by atoms with Gasteiger partial charge < -0.3 is 0 Å². The second kappa shape index (κ2) is 9.48. The summed E-state index contributed by atoms with van der Waals surface area (Å²) >= 11 is 0. The minimum atomic E-state index is -4.07.